The van der Waals surface area contributed by atoms with Gasteiger partial charge in [-0.1, -0.05) is 46.3 Å². The Kier molecular flexibility index (Phi) is 5.21. The first-order chi connectivity index (χ1) is 9.65. The highest BCUT2D eigenvalue weighted by Gasteiger charge is 2.13. The molecule has 1 unspecified atom stereocenters. The van der Waals surface area contributed by atoms with E-state index in [2.05, 4.69) is 58.5 Å². The van der Waals surface area contributed by atoms with Gasteiger partial charge in [0.25, 0.3) is 0 Å². The Balaban J connectivity index is 2.26. The van der Waals surface area contributed by atoms with Crippen LogP contribution in [0.3, 0.4) is 0 Å². The molecule has 0 heterocycles. The van der Waals surface area contributed by atoms with Crippen molar-refractivity contribution >= 4 is 15.9 Å². The molecule has 0 amide bonds. The fourth-order valence-corrected chi connectivity index (χ4v) is 2.70. The third-order valence-corrected chi connectivity index (χ3v) is 4.42. The Bertz CT molecular complexity index is 583. The number of halogens is 1. The molecule has 0 aliphatic heterocycles. The van der Waals surface area contributed by atoms with E-state index >= 15 is 0 Å². The maximum atomic E-state index is 5.43. The molecule has 0 aliphatic rings. The molecule has 1 atom stereocenters. The van der Waals surface area contributed by atoms with Crippen LogP contribution in [0.15, 0.2) is 46.9 Å². The minimum atomic E-state index is 0.267. The number of ether oxygens (including phenoxy) is 1. The lowest BCUT2D eigenvalue weighted by molar-refractivity contribution is 0.406. The number of likely N-dealkylation sites (N-methyl/N-ethyl adjacent to an activating group) is 1. The quantitative estimate of drug-likeness (QED) is 0.882. The average molecular weight is 334 g/mol. The van der Waals surface area contributed by atoms with Gasteiger partial charge in [-0.3, -0.25) is 0 Å². The summed E-state index contributed by atoms with van der Waals surface area (Å²) >= 11 is 3.60. The number of hydrogen-bond acceptors (Lipinski definition) is 2. The summed E-state index contributed by atoms with van der Waals surface area (Å²) in [6, 6.07) is 15.0. The second-order valence-electron chi connectivity index (χ2n) is 4.87. The van der Waals surface area contributed by atoms with Gasteiger partial charge in [-0.15, -0.1) is 0 Å². The topological polar surface area (TPSA) is 21.3 Å². The van der Waals surface area contributed by atoms with Crippen LogP contribution < -0.4 is 10.1 Å². The minimum Gasteiger partial charge on any atom is -0.496 e. The summed E-state index contributed by atoms with van der Waals surface area (Å²) < 4.78 is 6.58. The number of para-hydroxylation sites is 1. The summed E-state index contributed by atoms with van der Waals surface area (Å²) in [4.78, 5) is 0. The van der Waals surface area contributed by atoms with E-state index in [1.54, 1.807) is 7.11 Å². The first-order valence-electron chi connectivity index (χ1n) is 6.71. The zero-order valence-electron chi connectivity index (χ0n) is 12.1. The van der Waals surface area contributed by atoms with Gasteiger partial charge in [-0.05, 0) is 49.2 Å². The Labute approximate surface area is 129 Å². The standard InChI is InChI=1S/C17H20BrNO/c1-12-8-9-13(10-15(12)18)16(19-2)11-14-6-4-5-7-17(14)20-3/h4-10,16,19H,11H2,1-3H3. The predicted octanol–water partition coefficient (Wildman–Crippen LogP) is 4.27. The van der Waals surface area contributed by atoms with E-state index < -0.39 is 0 Å². The average Bonchev–Trinajstić information content (AvgIpc) is 2.48. The molecule has 20 heavy (non-hydrogen) atoms. The molecule has 2 aromatic carbocycles. The second-order valence-corrected chi connectivity index (χ2v) is 5.72. The van der Waals surface area contributed by atoms with Crippen LogP contribution in [0.25, 0.3) is 0 Å². The van der Waals surface area contributed by atoms with Crippen molar-refractivity contribution in [2.45, 2.75) is 19.4 Å². The fourth-order valence-electron chi connectivity index (χ4n) is 2.30. The molecule has 0 spiro atoms. The monoisotopic (exact) mass is 333 g/mol. The highest BCUT2D eigenvalue weighted by molar-refractivity contribution is 9.10. The Morgan fingerprint density at radius 2 is 1.95 bits per heavy atom. The molecule has 0 saturated heterocycles. The summed E-state index contributed by atoms with van der Waals surface area (Å²) in [5, 5.41) is 3.39. The molecule has 0 aromatic heterocycles. The molecule has 3 heteroatoms. The fraction of sp³-hybridized carbons (Fsp3) is 0.294. The molecule has 1 N–H and O–H groups in total. The van der Waals surface area contributed by atoms with Crippen LogP contribution in [-0.2, 0) is 6.42 Å². The molecule has 2 aromatic rings. The van der Waals surface area contributed by atoms with E-state index in [1.165, 1.54) is 16.7 Å². The third-order valence-electron chi connectivity index (χ3n) is 3.56. The van der Waals surface area contributed by atoms with Crippen molar-refractivity contribution < 1.29 is 4.74 Å². The maximum Gasteiger partial charge on any atom is 0.122 e. The van der Waals surface area contributed by atoms with Crippen LogP contribution in [0, 0.1) is 6.92 Å². The van der Waals surface area contributed by atoms with Gasteiger partial charge in [0.2, 0.25) is 0 Å². The molecule has 106 valence electrons. The van der Waals surface area contributed by atoms with Crippen LogP contribution >= 0.6 is 15.9 Å². The smallest absolute Gasteiger partial charge is 0.122 e. The lowest BCUT2D eigenvalue weighted by Crippen LogP contribution is -2.19. The predicted molar refractivity (Wildman–Crippen MR) is 87.4 cm³/mol. The van der Waals surface area contributed by atoms with Crippen LogP contribution in [0.5, 0.6) is 5.75 Å². The lowest BCUT2D eigenvalue weighted by Gasteiger charge is -2.19. The molecule has 0 radical (unpaired) electrons. The lowest BCUT2D eigenvalue weighted by atomic mass is 9.97. The first kappa shape index (κ1) is 15.1. The summed E-state index contributed by atoms with van der Waals surface area (Å²) in [6.07, 6.45) is 0.899. The highest BCUT2D eigenvalue weighted by atomic mass is 79.9. The van der Waals surface area contributed by atoms with Crippen LogP contribution in [-0.4, -0.2) is 14.2 Å². The second kappa shape index (κ2) is 6.91. The summed E-state index contributed by atoms with van der Waals surface area (Å²) in [5.41, 5.74) is 3.74. The van der Waals surface area contributed by atoms with Crippen LogP contribution in [0.2, 0.25) is 0 Å². The summed E-state index contributed by atoms with van der Waals surface area (Å²) in [6.45, 7) is 2.10. The molecule has 0 fully saturated rings. The van der Waals surface area contributed by atoms with E-state index in [4.69, 9.17) is 4.74 Å². The van der Waals surface area contributed by atoms with Crippen LogP contribution in [0.1, 0.15) is 22.7 Å². The molecule has 0 saturated carbocycles. The third kappa shape index (κ3) is 3.41. The SMILES string of the molecule is CNC(Cc1ccccc1OC)c1ccc(C)c(Br)c1. The normalized spacial score (nSPS) is 12.2. The number of methoxy groups -OCH3 is 1. The maximum absolute atomic E-state index is 5.43. The number of benzene rings is 2. The van der Waals surface area contributed by atoms with E-state index in [0.29, 0.717) is 0 Å². The molecular formula is C17H20BrNO. The van der Waals surface area contributed by atoms with Gasteiger partial charge in [-0.25, -0.2) is 0 Å². The molecule has 2 nitrogen and oxygen atoms in total. The zero-order chi connectivity index (χ0) is 14.5. The highest BCUT2D eigenvalue weighted by Crippen LogP contribution is 2.27. The van der Waals surface area contributed by atoms with E-state index in [-0.39, 0.29) is 6.04 Å². The van der Waals surface area contributed by atoms with Crippen molar-refractivity contribution in [1.29, 1.82) is 0 Å². The van der Waals surface area contributed by atoms with E-state index in [0.717, 1.165) is 16.6 Å². The number of rotatable bonds is 5. The number of hydrogen-bond donors (Lipinski definition) is 1. The Hall–Kier alpha value is -1.32. The van der Waals surface area contributed by atoms with Crippen molar-refractivity contribution in [3.05, 3.63) is 63.6 Å². The van der Waals surface area contributed by atoms with Gasteiger partial charge in [-0.2, -0.15) is 0 Å². The minimum absolute atomic E-state index is 0.267. The zero-order valence-corrected chi connectivity index (χ0v) is 13.7. The van der Waals surface area contributed by atoms with Gasteiger partial charge >= 0.3 is 0 Å². The largest absolute Gasteiger partial charge is 0.496 e. The number of aryl methyl sites for hydroxylation is 1. The summed E-state index contributed by atoms with van der Waals surface area (Å²) in [7, 11) is 3.71. The molecule has 0 bridgehead atoms. The van der Waals surface area contributed by atoms with Crippen molar-refractivity contribution in [2.75, 3.05) is 14.2 Å². The number of nitrogens with one attached hydrogen (secondary N) is 1. The van der Waals surface area contributed by atoms with Crippen molar-refractivity contribution in [2.24, 2.45) is 0 Å². The van der Waals surface area contributed by atoms with Crippen molar-refractivity contribution in [3.8, 4) is 5.75 Å². The van der Waals surface area contributed by atoms with Crippen molar-refractivity contribution in [1.82, 2.24) is 5.32 Å². The Morgan fingerprint density at radius 1 is 1.20 bits per heavy atom. The molecule has 0 aliphatic carbocycles. The first-order valence-corrected chi connectivity index (χ1v) is 7.50. The Morgan fingerprint density at radius 3 is 2.60 bits per heavy atom. The van der Waals surface area contributed by atoms with Gasteiger partial charge in [0.1, 0.15) is 5.75 Å². The van der Waals surface area contributed by atoms with Crippen molar-refractivity contribution in [3.63, 3.8) is 0 Å². The molecular weight excluding hydrogens is 314 g/mol. The van der Waals surface area contributed by atoms with Gasteiger partial charge in [0.05, 0.1) is 7.11 Å². The molecule has 2 rings (SSSR count). The van der Waals surface area contributed by atoms with Crippen LogP contribution in [0.4, 0.5) is 0 Å². The van der Waals surface area contributed by atoms with E-state index in [1.807, 2.05) is 19.2 Å². The van der Waals surface area contributed by atoms with Gasteiger partial charge in [0, 0.05) is 10.5 Å². The van der Waals surface area contributed by atoms with Gasteiger partial charge < -0.3 is 10.1 Å². The summed E-state index contributed by atoms with van der Waals surface area (Å²) in [5.74, 6) is 0.943. The van der Waals surface area contributed by atoms with Gasteiger partial charge in [0.15, 0.2) is 0 Å². The van der Waals surface area contributed by atoms with E-state index in [9.17, 15) is 0 Å².